The van der Waals surface area contributed by atoms with Gasteiger partial charge in [-0.1, -0.05) is 30.3 Å². The van der Waals surface area contributed by atoms with Gasteiger partial charge in [0.25, 0.3) is 0 Å². The lowest BCUT2D eigenvalue weighted by molar-refractivity contribution is -0.127. The van der Waals surface area contributed by atoms with Crippen molar-refractivity contribution in [3.05, 3.63) is 54.6 Å². The molecule has 6 nitrogen and oxygen atoms in total. The molecule has 0 bridgehead atoms. The quantitative estimate of drug-likeness (QED) is 0.800. The summed E-state index contributed by atoms with van der Waals surface area (Å²) in [6, 6.07) is 17.5. The molecule has 2 heterocycles. The lowest BCUT2D eigenvalue weighted by Crippen LogP contribution is -2.26. The zero-order valence-corrected chi connectivity index (χ0v) is 13.8. The maximum atomic E-state index is 12.6. The van der Waals surface area contributed by atoms with Crippen molar-refractivity contribution >= 4 is 28.8 Å². The Labute approximate surface area is 145 Å². The van der Waals surface area contributed by atoms with Crippen LogP contribution in [0.25, 0.3) is 16.7 Å². The van der Waals surface area contributed by atoms with Crippen molar-refractivity contribution in [2.75, 3.05) is 18.9 Å². The Morgan fingerprint density at radius 1 is 1.12 bits per heavy atom. The number of carbonyl (C=O) groups is 2. The molecule has 1 unspecified atom stereocenters. The van der Waals surface area contributed by atoms with Crippen molar-refractivity contribution in [2.45, 2.75) is 6.42 Å². The van der Waals surface area contributed by atoms with Gasteiger partial charge >= 0.3 is 0 Å². The third-order valence-corrected chi connectivity index (χ3v) is 4.52. The van der Waals surface area contributed by atoms with Crippen LogP contribution in [0.15, 0.2) is 54.6 Å². The number of likely N-dealkylation sites (tertiary alicyclic amines) is 1. The van der Waals surface area contributed by atoms with E-state index >= 15 is 0 Å². The van der Waals surface area contributed by atoms with E-state index in [-0.39, 0.29) is 24.2 Å². The minimum Gasteiger partial charge on any atom is -0.345 e. The Hall–Kier alpha value is -3.15. The molecule has 1 aliphatic rings. The van der Waals surface area contributed by atoms with Crippen LogP contribution in [0.5, 0.6) is 0 Å². The topological polar surface area (TPSA) is 67.2 Å². The van der Waals surface area contributed by atoms with E-state index in [1.54, 1.807) is 11.9 Å². The van der Waals surface area contributed by atoms with Gasteiger partial charge in [0.1, 0.15) is 0 Å². The molecule has 1 saturated heterocycles. The lowest BCUT2D eigenvalue weighted by Gasteiger charge is -2.13. The number of carbonyl (C=O) groups excluding carboxylic acids is 2. The van der Waals surface area contributed by atoms with Gasteiger partial charge in [-0.2, -0.15) is 0 Å². The summed E-state index contributed by atoms with van der Waals surface area (Å²) < 4.78 is 1.92. The van der Waals surface area contributed by atoms with Crippen LogP contribution in [-0.4, -0.2) is 39.9 Å². The fourth-order valence-corrected chi connectivity index (χ4v) is 3.20. The molecule has 0 aliphatic carbocycles. The molecule has 0 spiro atoms. The number of hydrogen-bond donors (Lipinski definition) is 1. The van der Waals surface area contributed by atoms with E-state index < -0.39 is 0 Å². The number of hydrogen-bond acceptors (Lipinski definition) is 3. The predicted octanol–water partition coefficient (Wildman–Crippen LogP) is 2.44. The third-order valence-electron chi connectivity index (χ3n) is 4.52. The molecule has 3 aromatic rings. The highest BCUT2D eigenvalue weighted by Crippen LogP contribution is 2.26. The zero-order valence-electron chi connectivity index (χ0n) is 13.8. The molecule has 0 saturated carbocycles. The van der Waals surface area contributed by atoms with Gasteiger partial charge in [-0.3, -0.25) is 19.5 Å². The van der Waals surface area contributed by atoms with Crippen LogP contribution in [0.4, 0.5) is 5.95 Å². The first kappa shape index (κ1) is 15.4. The number of fused-ring (bicyclic) bond motifs is 1. The van der Waals surface area contributed by atoms with Gasteiger partial charge in [-0.25, -0.2) is 4.98 Å². The zero-order chi connectivity index (χ0) is 17.4. The number of rotatable bonds is 3. The number of nitrogens with zero attached hydrogens (tertiary/aromatic N) is 3. The molecule has 1 atom stereocenters. The molecule has 1 fully saturated rings. The fourth-order valence-electron chi connectivity index (χ4n) is 3.20. The van der Waals surface area contributed by atoms with Gasteiger partial charge in [0.15, 0.2) is 0 Å². The first-order valence-electron chi connectivity index (χ1n) is 8.21. The van der Waals surface area contributed by atoms with Crippen molar-refractivity contribution < 1.29 is 9.59 Å². The second-order valence-corrected chi connectivity index (χ2v) is 6.26. The molecule has 126 valence electrons. The average molecular weight is 334 g/mol. The molecule has 25 heavy (non-hydrogen) atoms. The largest absolute Gasteiger partial charge is 0.345 e. The van der Waals surface area contributed by atoms with E-state index in [2.05, 4.69) is 10.3 Å². The molecule has 4 rings (SSSR count). The predicted molar refractivity (Wildman–Crippen MR) is 95.4 cm³/mol. The third kappa shape index (κ3) is 2.76. The molecule has 2 amide bonds. The summed E-state index contributed by atoms with van der Waals surface area (Å²) in [5.41, 5.74) is 2.65. The number of aromatic nitrogens is 2. The molecule has 1 aliphatic heterocycles. The van der Waals surface area contributed by atoms with Crippen LogP contribution in [-0.2, 0) is 9.59 Å². The van der Waals surface area contributed by atoms with Crippen LogP contribution < -0.4 is 5.32 Å². The van der Waals surface area contributed by atoms with Crippen LogP contribution in [0.1, 0.15) is 6.42 Å². The minimum absolute atomic E-state index is 0.00304. The van der Waals surface area contributed by atoms with Crippen molar-refractivity contribution in [1.82, 2.24) is 14.5 Å². The summed E-state index contributed by atoms with van der Waals surface area (Å²) in [7, 11) is 1.72. The standard InChI is InChI=1S/C19H18N4O2/c1-22-12-13(11-17(22)24)18(25)21-19-20-15-9-5-6-10-16(15)23(19)14-7-3-2-4-8-14/h2-10,13H,11-12H2,1H3,(H,20,21,25). The summed E-state index contributed by atoms with van der Waals surface area (Å²) in [5, 5.41) is 2.92. The van der Waals surface area contributed by atoms with Crippen LogP contribution in [0.3, 0.4) is 0 Å². The van der Waals surface area contributed by atoms with Gasteiger partial charge in [-0.05, 0) is 24.3 Å². The molecular formula is C19H18N4O2. The smallest absolute Gasteiger partial charge is 0.232 e. The SMILES string of the molecule is CN1CC(C(=O)Nc2nc3ccccc3n2-c2ccccc2)CC1=O. The van der Waals surface area contributed by atoms with Crippen LogP contribution >= 0.6 is 0 Å². The summed E-state index contributed by atoms with van der Waals surface area (Å²) in [6.07, 6.45) is 0.244. The number of imidazole rings is 1. The van der Waals surface area contributed by atoms with Gasteiger partial charge in [0, 0.05) is 25.7 Å². The molecule has 2 aromatic carbocycles. The van der Waals surface area contributed by atoms with E-state index in [1.165, 1.54) is 0 Å². The minimum atomic E-state index is -0.346. The highest BCUT2D eigenvalue weighted by atomic mass is 16.2. The number of anilines is 1. The van der Waals surface area contributed by atoms with E-state index in [4.69, 9.17) is 0 Å². The second-order valence-electron chi connectivity index (χ2n) is 6.26. The lowest BCUT2D eigenvalue weighted by atomic mass is 10.1. The van der Waals surface area contributed by atoms with Crippen LogP contribution in [0, 0.1) is 5.92 Å². The molecule has 0 radical (unpaired) electrons. The highest BCUT2D eigenvalue weighted by molar-refractivity contribution is 5.97. The van der Waals surface area contributed by atoms with E-state index in [0.717, 1.165) is 16.7 Å². The number of nitrogens with one attached hydrogen (secondary N) is 1. The van der Waals surface area contributed by atoms with Crippen molar-refractivity contribution in [1.29, 1.82) is 0 Å². The van der Waals surface area contributed by atoms with Crippen molar-refractivity contribution in [3.63, 3.8) is 0 Å². The second kappa shape index (κ2) is 6.05. The summed E-state index contributed by atoms with van der Waals surface area (Å²) >= 11 is 0. The Balaban J connectivity index is 1.72. The number of para-hydroxylation sites is 3. The number of amides is 2. The molecule has 1 aromatic heterocycles. The van der Waals surface area contributed by atoms with Gasteiger partial charge in [0.2, 0.25) is 17.8 Å². The summed E-state index contributed by atoms with van der Waals surface area (Å²) in [5.74, 6) is -0.0529. The monoisotopic (exact) mass is 334 g/mol. The summed E-state index contributed by atoms with van der Waals surface area (Å²) in [6.45, 7) is 0.441. The van der Waals surface area contributed by atoms with E-state index in [1.807, 2.05) is 59.2 Å². The van der Waals surface area contributed by atoms with Gasteiger partial charge < -0.3 is 4.90 Å². The fraction of sp³-hybridized carbons (Fsp3) is 0.211. The number of benzene rings is 2. The Morgan fingerprint density at radius 3 is 2.56 bits per heavy atom. The van der Waals surface area contributed by atoms with E-state index in [9.17, 15) is 9.59 Å². The maximum Gasteiger partial charge on any atom is 0.232 e. The molecule has 1 N–H and O–H groups in total. The molecular weight excluding hydrogens is 316 g/mol. The van der Waals surface area contributed by atoms with Crippen molar-refractivity contribution in [3.8, 4) is 5.69 Å². The van der Waals surface area contributed by atoms with Gasteiger partial charge in [0.05, 0.1) is 17.0 Å². The highest BCUT2D eigenvalue weighted by Gasteiger charge is 2.32. The Bertz CT molecular complexity index is 948. The first-order valence-corrected chi connectivity index (χ1v) is 8.21. The first-order chi connectivity index (χ1) is 12.1. The average Bonchev–Trinajstić information content (AvgIpc) is 3.15. The Kier molecular flexibility index (Phi) is 3.72. The van der Waals surface area contributed by atoms with Gasteiger partial charge in [-0.15, -0.1) is 0 Å². The van der Waals surface area contributed by atoms with E-state index in [0.29, 0.717) is 12.5 Å². The normalized spacial score (nSPS) is 17.2. The maximum absolute atomic E-state index is 12.6. The van der Waals surface area contributed by atoms with Crippen LogP contribution in [0.2, 0.25) is 0 Å². The molecule has 6 heteroatoms. The Morgan fingerprint density at radius 2 is 1.84 bits per heavy atom. The summed E-state index contributed by atoms with van der Waals surface area (Å²) in [4.78, 5) is 30.5. The van der Waals surface area contributed by atoms with Crippen molar-refractivity contribution in [2.24, 2.45) is 5.92 Å².